The zero-order valence-corrected chi connectivity index (χ0v) is 10.6. The summed E-state index contributed by atoms with van der Waals surface area (Å²) in [5, 5.41) is 21.5. The zero-order valence-electron chi connectivity index (χ0n) is 9.05. The van der Waals surface area contributed by atoms with Crippen molar-refractivity contribution in [2.75, 3.05) is 0 Å². The molecular weight excluding hydrogens is 268 g/mol. The highest BCUT2D eigenvalue weighted by Crippen LogP contribution is 2.38. The van der Waals surface area contributed by atoms with Gasteiger partial charge in [-0.1, -0.05) is 25.4 Å². The second kappa shape index (κ2) is 5.33. The molecule has 0 aliphatic heterocycles. The Bertz CT molecular complexity index is 478. The van der Waals surface area contributed by atoms with Crippen molar-refractivity contribution in [2.45, 2.75) is 24.0 Å². The summed E-state index contributed by atoms with van der Waals surface area (Å²) in [6.45, 7) is 3.73. The molecule has 0 radical (unpaired) electrons. The maximum atomic E-state index is 10.8. The molecule has 0 bridgehead atoms. The van der Waals surface area contributed by atoms with E-state index in [4.69, 9.17) is 11.6 Å². The highest BCUT2D eigenvalue weighted by atomic mass is 35.5. The van der Waals surface area contributed by atoms with Crippen molar-refractivity contribution < 1.29 is 9.85 Å². The first-order chi connectivity index (χ1) is 7.82. The lowest BCUT2D eigenvalue weighted by molar-refractivity contribution is -0.395. The van der Waals surface area contributed by atoms with Crippen LogP contribution in [0.5, 0.6) is 0 Å². The van der Waals surface area contributed by atoms with Gasteiger partial charge in [0.25, 0.3) is 11.4 Å². The van der Waals surface area contributed by atoms with Gasteiger partial charge in [-0.2, -0.15) is 0 Å². The second-order valence-corrected chi connectivity index (χ2v) is 5.48. The van der Waals surface area contributed by atoms with Crippen LogP contribution in [0.2, 0.25) is 5.02 Å². The molecule has 0 aliphatic carbocycles. The number of nitro benzene ring substituents is 2. The highest BCUT2D eigenvalue weighted by Gasteiger charge is 2.24. The molecule has 0 heterocycles. The third-order valence-corrected chi connectivity index (χ3v) is 3.14. The van der Waals surface area contributed by atoms with Crippen LogP contribution < -0.4 is 0 Å². The van der Waals surface area contributed by atoms with E-state index in [9.17, 15) is 20.2 Å². The molecule has 0 aromatic heterocycles. The fourth-order valence-corrected chi connectivity index (χ4v) is 2.41. The van der Waals surface area contributed by atoms with E-state index in [0.717, 1.165) is 6.07 Å². The van der Waals surface area contributed by atoms with E-state index in [-0.39, 0.29) is 16.0 Å². The third-order valence-electron chi connectivity index (χ3n) is 1.78. The van der Waals surface area contributed by atoms with Crippen LogP contribution in [0, 0.1) is 20.2 Å². The lowest BCUT2D eigenvalue weighted by Gasteiger charge is -2.06. The van der Waals surface area contributed by atoms with E-state index in [0.29, 0.717) is 4.90 Å². The molecule has 1 aromatic rings. The molecule has 0 N–H and O–H groups in total. The summed E-state index contributed by atoms with van der Waals surface area (Å²) in [5.41, 5.74) is -0.744. The van der Waals surface area contributed by atoms with E-state index < -0.39 is 15.5 Å². The van der Waals surface area contributed by atoms with Gasteiger partial charge in [0.1, 0.15) is 5.02 Å². The number of nitro groups is 2. The summed E-state index contributed by atoms with van der Waals surface area (Å²) < 4.78 is 0. The van der Waals surface area contributed by atoms with Crippen molar-refractivity contribution in [3.63, 3.8) is 0 Å². The fraction of sp³-hybridized carbons (Fsp3) is 0.333. The first-order valence-corrected chi connectivity index (χ1v) is 5.87. The molecular formula is C9H9ClN2O4S. The second-order valence-electron chi connectivity index (χ2n) is 3.45. The Hall–Kier alpha value is -1.34. The van der Waals surface area contributed by atoms with Gasteiger partial charge < -0.3 is 0 Å². The smallest absolute Gasteiger partial charge is 0.258 e. The van der Waals surface area contributed by atoms with Crippen molar-refractivity contribution in [1.82, 2.24) is 0 Å². The van der Waals surface area contributed by atoms with E-state index >= 15 is 0 Å². The number of thioether (sulfide) groups is 1. The van der Waals surface area contributed by atoms with Crippen LogP contribution in [-0.2, 0) is 0 Å². The summed E-state index contributed by atoms with van der Waals surface area (Å²) in [6.07, 6.45) is 0. The van der Waals surface area contributed by atoms with Gasteiger partial charge in [0.15, 0.2) is 0 Å². The van der Waals surface area contributed by atoms with E-state index in [1.165, 1.54) is 17.8 Å². The summed E-state index contributed by atoms with van der Waals surface area (Å²) in [7, 11) is 0. The van der Waals surface area contributed by atoms with E-state index in [2.05, 4.69) is 0 Å². The van der Waals surface area contributed by atoms with Crippen molar-refractivity contribution in [2.24, 2.45) is 0 Å². The van der Waals surface area contributed by atoms with Gasteiger partial charge in [-0.25, -0.2) is 0 Å². The molecule has 1 aromatic carbocycles. The van der Waals surface area contributed by atoms with E-state index in [1.54, 1.807) is 0 Å². The first-order valence-electron chi connectivity index (χ1n) is 4.62. The number of benzene rings is 1. The summed E-state index contributed by atoms with van der Waals surface area (Å²) >= 11 is 6.95. The van der Waals surface area contributed by atoms with Gasteiger partial charge in [-0.05, 0) is 6.07 Å². The molecule has 0 saturated heterocycles. The van der Waals surface area contributed by atoms with Gasteiger partial charge in [0.05, 0.1) is 20.8 Å². The topological polar surface area (TPSA) is 86.3 Å². The molecule has 0 fully saturated rings. The minimum atomic E-state index is -0.737. The van der Waals surface area contributed by atoms with Crippen molar-refractivity contribution >= 4 is 34.7 Å². The Kier molecular flexibility index (Phi) is 4.30. The van der Waals surface area contributed by atoms with Crippen LogP contribution in [0.3, 0.4) is 0 Å². The number of hydrogen-bond acceptors (Lipinski definition) is 5. The number of hydrogen-bond donors (Lipinski definition) is 0. The highest BCUT2D eigenvalue weighted by molar-refractivity contribution is 8.00. The Balaban J connectivity index is 3.35. The maximum absolute atomic E-state index is 10.8. The summed E-state index contributed by atoms with van der Waals surface area (Å²) in [6, 6.07) is 2.16. The Morgan fingerprint density at radius 1 is 1.18 bits per heavy atom. The Morgan fingerprint density at radius 2 is 1.71 bits per heavy atom. The van der Waals surface area contributed by atoms with Gasteiger partial charge in [-0.3, -0.25) is 20.2 Å². The minimum Gasteiger partial charge on any atom is -0.258 e. The molecule has 0 amide bonds. The predicted molar refractivity (Wildman–Crippen MR) is 65.8 cm³/mol. The molecule has 92 valence electrons. The van der Waals surface area contributed by atoms with Crippen LogP contribution in [0.1, 0.15) is 13.8 Å². The molecule has 1 rings (SSSR count). The molecule has 17 heavy (non-hydrogen) atoms. The van der Waals surface area contributed by atoms with Crippen molar-refractivity contribution in [3.8, 4) is 0 Å². The number of rotatable bonds is 4. The van der Waals surface area contributed by atoms with Crippen LogP contribution in [0.4, 0.5) is 11.4 Å². The van der Waals surface area contributed by atoms with Crippen LogP contribution in [0.25, 0.3) is 0 Å². The molecule has 8 heteroatoms. The van der Waals surface area contributed by atoms with E-state index in [1.807, 2.05) is 13.8 Å². The molecule has 6 nitrogen and oxygen atoms in total. The largest absolute Gasteiger partial charge is 0.294 e. The van der Waals surface area contributed by atoms with Crippen LogP contribution >= 0.6 is 23.4 Å². The maximum Gasteiger partial charge on any atom is 0.294 e. The van der Waals surface area contributed by atoms with Crippen molar-refractivity contribution in [1.29, 1.82) is 0 Å². The van der Waals surface area contributed by atoms with Gasteiger partial charge in [0, 0.05) is 5.25 Å². The molecule has 0 unspecified atom stereocenters. The van der Waals surface area contributed by atoms with Crippen LogP contribution in [-0.4, -0.2) is 15.1 Å². The standard InChI is InChI=1S/C9H9ClN2O4S/c1-5(2)17-9-3-6(10)7(11(13)14)4-8(9)12(15)16/h3-5H,1-2H3. The fourth-order valence-electron chi connectivity index (χ4n) is 1.16. The molecule has 0 saturated carbocycles. The first kappa shape index (κ1) is 13.7. The molecule has 0 atom stereocenters. The average Bonchev–Trinajstić information content (AvgIpc) is 2.15. The average molecular weight is 277 g/mol. The lowest BCUT2D eigenvalue weighted by Crippen LogP contribution is -1.97. The van der Waals surface area contributed by atoms with Gasteiger partial charge in [-0.15, -0.1) is 11.8 Å². The number of halogens is 1. The Morgan fingerprint density at radius 3 is 2.12 bits per heavy atom. The molecule has 0 spiro atoms. The minimum absolute atomic E-state index is 0.0937. The summed E-state index contributed by atoms with van der Waals surface area (Å²) in [4.78, 5) is 20.4. The molecule has 0 aliphatic rings. The normalized spacial score (nSPS) is 10.6. The zero-order chi connectivity index (χ0) is 13.2. The number of nitrogens with zero attached hydrogens (tertiary/aromatic N) is 2. The predicted octanol–water partition coefficient (Wildman–Crippen LogP) is 3.66. The van der Waals surface area contributed by atoms with Gasteiger partial charge >= 0.3 is 0 Å². The third kappa shape index (κ3) is 3.31. The van der Waals surface area contributed by atoms with Gasteiger partial charge in [0.2, 0.25) is 0 Å². The van der Waals surface area contributed by atoms with Crippen LogP contribution in [0.15, 0.2) is 17.0 Å². The SMILES string of the molecule is CC(C)Sc1cc(Cl)c([N+](=O)[O-])cc1[N+](=O)[O-]. The lowest BCUT2D eigenvalue weighted by atomic mass is 10.3. The van der Waals surface area contributed by atoms with Crippen molar-refractivity contribution in [3.05, 3.63) is 37.4 Å². The Labute approximate surface area is 106 Å². The quantitative estimate of drug-likeness (QED) is 0.476. The summed E-state index contributed by atoms with van der Waals surface area (Å²) in [5.74, 6) is 0. The monoisotopic (exact) mass is 276 g/mol.